The lowest BCUT2D eigenvalue weighted by atomic mass is 10.3. The number of alkyl halides is 5. The first kappa shape index (κ1) is 14.8. The maximum absolute atomic E-state index is 12.5. The quantitative estimate of drug-likeness (QED) is 0.835. The lowest BCUT2D eigenvalue weighted by Crippen LogP contribution is -2.40. The summed E-state index contributed by atoms with van der Waals surface area (Å²) in [4.78, 5) is 3.90. The predicted octanol–water partition coefficient (Wildman–Crippen LogP) is 2.25. The molecular weight excluding hydrogens is 259 g/mol. The summed E-state index contributed by atoms with van der Waals surface area (Å²) in [6.07, 6.45) is -5.61. The van der Waals surface area contributed by atoms with E-state index >= 15 is 0 Å². The molecule has 0 aliphatic carbocycles. The molecule has 0 aromatic carbocycles. The van der Waals surface area contributed by atoms with Crippen molar-refractivity contribution >= 4 is 0 Å². The predicted molar refractivity (Wildman–Crippen MR) is 52.8 cm³/mol. The summed E-state index contributed by atoms with van der Waals surface area (Å²) in [5.41, 5.74) is 6.05. The molecule has 0 bridgehead atoms. The third-order valence-corrected chi connectivity index (χ3v) is 2.02. The number of nitrogens with zero attached hydrogens (tertiary/aromatic N) is 1. The molecule has 0 saturated carbocycles. The highest BCUT2D eigenvalue weighted by Gasteiger charge is 2.57. The van der Waals surface area contributed by atoms with E-state index in [9.17, 15) is 22.0 Å². The average molecular weight is 270 g/mol. The van der Waals surface area contributed by atoms with Crippen LogP contribution >= 0.6 is 0 Å². The van der Waals surface area contributed by atoms with Gasteiger partial charge in [-0.1, -0.05) is 6.07 Å². The Hall–Kier alpha value is -1.28. The number of pyridine rings is 1. The summed E-state index contributed by atoms with van der Waals surface area (Å²) < 4.78 is 64.8. The van der Waals surface area contributed by atoms with Crippen LogP contribution in [0.25, 0.3) is 0 Å². The maximum atomic E-state index is 12.5. The third-order valence-electron chi connectivity index (χ3n) is 2.02. The number of halogens is 5. The number of nitrogens with two attached hydrogens (primary N) is 1. The largest absolute Gasteiger partial charge is 0.455 e. The lowest BCUT2D eigenvalue weighted by Gasteiger charge is -2.19. The Morgan fingerprint density at radius 2 is 1.72 bits per heavy atom. The van der Waals surface area contributed by atoms with Gasteiger partial charge in [0.25, 0.3) is 0 Å². The Morgan fingerprint density at radius 3 is 2.28 bits per heavy atom. The first-order valence-corrected chi connectivity index (χ1v) is 4.93. The monoisotopic (exact) mass is 270 g/mol. The van der Waals surface area contributed by atoms with Gasteiger partial charge in [0.2, 0.25) is 0 Å². The SMILES string of the molecule is NCc1cccc(COCC(F)(F)C(F)(F)F)n1. The van der Waals surface area contributed by atoms with Gasteiger partial charge in [-0.25, -0.2) is 0 Å². The molecular formula is C10H11F5N2O. The van der Waals surface area contributed by atoms with Crippen LogP contribution in [0.2, 0.25) is 0 Å². The molecule has 0 fully saturated rings. The normalized spacial score (nSPS) is 12.8. The molecule has 3 nitrogen and oxygen atoms in total. The summed E-state index contributed by atoms with van der Waals surface area (Å²) in [5.74, 6) is -4.86. The van der Waals surface area contributed by atoms with Crippen LogP contribution in [0, 0.1) is 0 Å². The summed E-state index contributed by atoms with van der Waals surface area (Å²) in [7, 11) is 0. The van der Waals surface area contributed by atoms with Gasteiger partial charge in [-0.05, 0) is 12.1 Å². The van der Waals surface area contributed by atoms with Crippen LogP contribution in [0.4, 0.5) is 22.0 Å². The molecule has 8 heteroatoms. The van der Waals surface area contributed by atoms with Crippen molar-refractivity contribution < 1.29 is 26.7 Å². The van der Waals surface area contributed by atoms with Crippen molar-refractivity contribution in [3.8, 4) is 0 Å². The van der Waals surface area contributed by atoms with E-state index in [1.807, 2.05) is 0 Å². The second-order valence-corrected chi connectivity index (χ2v) is 3.52. The first-order valence-electron chi connectivity index (χ1n) is 4.93. The Morgan fingerprint density at radius 1 is 1.11 bits per heavy atom. The maximum Gasteiger partial charge on any atom is 0.455 e. The second kappa shape index (κ2) is 5.57. The minimum absolute atomic E-state index is 0.145. The molecule has 0 saturated heterocycles. The Bertz CT molecular complexity index is 394. The zero-order valence-electron chi connectivity index (χ0n) is 9.18. The van der Waals surface area contributed by atoms with E-state index in [2.05, 4.69) is 9.72 Å². The molecule has 0 unspecified atom stereocenters. The van der Waals surface area contributed by atoms with Crippen LogP contribution < -0.4 is 5.73 Å². The molecule has 0 spiro atoms. The standard InChI is InChI=1S/C10H11F5N2O/c11-9(12,10(13,14)15)6-18-5-8-3-1-2-7(4-16)17-8/h1-3H,4-6,16H2. The van der Waals surface area contributed by atoms with Crippen LogP contribution in [0.1, 0.15) is 11.4 Å². The summed E-state index contributed by atoms with van der Waals surface area (Å²) in [6.45, 7) is -2.02. The van der Waals surface area contributed by atoms with E-state index in [1.165, 1.54) is 6.07 Å². The topological polar surface area (TPSA) is 48.1 Å². The van der Waals surface area contributed by atoms with Crippen molar-refractivity contribution in [1.82, 2.24) is 4.98 Å². The first-order chi connectivity index (χ1) is 8.26. The van der Waals surface area contributed by atoms with Gasteiger partial charge in [0.1, 0.15) is 6.61 Å². The summed E-state index contributed by atoms with van der Waals surface area (Å²) in [6, 6.07) is 4.62. The molecule has 0 radical (unpaired) electrons. The molecule has 102 valence electrons. The molecule has 0 aliphatic rings. The fraction of sp³-hybridized carbons (Fsp3) is 0.500. The van der Waals surface area contributed by atoms with Gasteiger partial charge in [-0.15, -0.1) is 0 Å². The number of hydrogen-bond donors (Lipinski definition) is 1. The second-order valence-electron chi connectivity index (χ2n) is 3.52. The molecule has 2 N–H and O–H groups in total. The van der Waals surface area contributed by atoms with Crippen LogP contribution in [0.5, 0.6) is 0 Å². The molecule has 1 heterocycles. The number of aromatic nitrogens is 1. The van der Waals surface area contributed by atoms with Crippen LogP contribution in [0.15, 0.2) is 18.2 Å². The van der Waals surface area contributed by atoms with E-state index in [4.69, 9.17) is 5.73 Å². The minimum Gasteiger partial charge on any atom is -0.369 e. The highest BCUT2D eigenvalue weighted by atomic mass is 19.4. The van der Waals surface area contributed by atoms with E-state index in [0.29, 0.717) is 5.69 Å². The average Bonchev–Trinajstić information content (AvgIpc) is 2.27. The molecule has 1 rings (SSSR count). The van der Waals surface area contributed by atoms with Gasteiger partial charge >= 0.3 is 12.1 Å². The van der Waals surface area contributed by atoms with Gasteiger partial charge in [-0.2, -0.15) is 22.0 Å². The fourth-order valence-corrected chi connectivity index (χ4v) is 1.09. The van der Waals surface area contributed by atoms with Gasteiger partial charge < -0.3 is 10.5 Å². The highest BCUT2D eigenvalue weighted by molar-refractivity contribution is 5.10. The highest BCUT2D eigenvalue weighted by Crippen LogP contribution is 2.35. The molecule has 1 aromatic heterocycles. The fourth-order valence-electron chi connectivity index (χ4n) is 1.09. The molecule has 0 atom stereocenters. The number of ether oxygens (including phenoxy) is 1. The van der Waals surface area contributed by atoms with Crippen molar-refractivity contribution in [2.75, 3.05) is 6.61 Å². The Kier molecular flexibility index (Phi) is 4.58. The van der Waals surface area contributed by atoms with E-state index < -0.39 is 25.3 Å². The zero-order valence-corrected chi connectivity index (χ0v) is 9.18. The third kappa shape index (κ3) is 3.88. The van der Waals surface area contributed by atoms with Crippen LogP contribution in [-0.4, -0.2) is 23.7 Å². The van der Waals surface area contributed by atoms with E-state index in [1.54, 1.807) is 12.1 Å². The Labute approximate surface area is 99.8 Å². The number of hydrogen-bond acceptors (Lipinski definition) is 3. The van der Waals surface area contributed by atoms with E-state index in [-0.39, 0.29) is 12.2 Å². The van der Waals surface area contributed by atoms with Gasteiger partial charge in [0, 0.05) is 6.54 Å². The van der Waals surface area contributed by atoms with Crippen molar-refractivity contribution in [2.45, 2.75) is 25.3 Å². The minimum atomic E-state index is -5.61. The molecule has 0 amide bonds. The van der Waals surface area contributed by atoms with Crippen LogP contribution in [-0.2, 0) is 17.9 Å². The molecule has 0 aliphatic heterocycles. The van der Waals surface area contributed by atoms with Crippen molar-refractivity contribution in [3.05, 3.63) is 29.6 Å². The van der Waals surface area contributed by atoms with Gasteiger partial charge in [0.15, 0.2) is 0 Å². The van der Waals surface area contributed by atoms with Gasteiger partial charge in [0.05, 0.1) is 18.0 Å². The van der Waals surface area contributed by atoms with Crippen molar-refractivity contribution in [1.29, 1.82) is 0 Å². The van der Waals surface area contributed by atoms with E-state index in [0.717, 1.165) is 0 Å². The molecule has 1 aromatic rings. The zero-order chi connectivity index (χ0) is 13.8. The van der Waals surface area contributed by atoms with Crippen molar-refractivity contribution in [2.24, 2.45) is 5.73 Å². The Balaban J connectivity index is 2.51. The number of rotatable bonds is 5. The van der Waals surface area contributed by atoms with Crippen molar-refractivity contribution in [3.63, 3.8) is 0 Å². The summed E-state index contributed by atoms with van der Waals surface area (Å²) in [5, 5.41) is 0. The summed E-state index contributed by atoms with van der Waals surface area (Å²) >= 11 is 0. The lowest BCUT2D eigenvalue weighted by molar-refractivity contribution is -0.297. The smallest absolute Gasteiger partial charge is 0.369 e. The molecule has 18 heavy (non-hydrogen) atoms. The van der Waals surface area contributed by atoms with Gasteiger partial charge in [-0.3, -0.25) is 4.98 Å². The van der Waals surface area contributed by atoms with Crippen LogP contribution in [0.3, 0.4) is 0 Å².